The van der Waals surface area contributed by atoms with Crippen LogP contribution >= 0.6 is 0 Å². The van der Waals surface area contributed by atoms with E-state index in [2.05, 4.69) is 5.32 Å². The first-order valence-corrected chi connectivity index (χ1v) is 6.75. The number of nitrogens with zero attached hydrogens (tertiary/aromatic N) is 1. The molecule has 6 nitrogen and oxygen atoms in total. The van der Waals surface area contributed by atoms with Gasteiger partial charge < -0.3 is 19.7 Å². The zero-order valence-corrected chi connectivity index (χ0v) is 12.0. The van der Waals surface area contributed by atoms with Crippen molar-refractivity contribution in [1.29, 1.82) is 0 Å². The molecule has 0 aromatic carbocycles. The minimum atomic E-state index is -0.464. The Morgan fingerprint density at radius 2 is 1.95 bits per heavy atom. The maximum atomic E-state index is 11.7. The van der Waals surface area contributed by atoms with Crippen molar-refractivity contribution >= 4 is 12.0 Å². The number of carbonyl (C=O) groups excluding carboxylic acids is 2. The Labute approximate surface area is 114 Å². The predicted octanol–water partition coefficient (Wildman–Crippen LogP) is 1.01. The molecule has 6 heteroatoms. The Balaban J connectivity index is 2.16. The Kier molecular flexibility index (Phi) is 6.08. The van der Waals surface area contributed by atoms with E-state index in [1.165, 1.54) is 0 Å². The zero-order valence-electron chi connectivity index (χ0n) is 12.0. The molecule has 1 saturated heterocycles. The Morgan fingerprint density at radius 1 is 1.32 bits per heavy atom. The molecule has 0 bridgehead atoms. The van der Waals surface area contributed by atoms with E-state index < -0.39 is 5.41 Å². The maximum absolute atomic E-state index is 11.7. The predicted molar refractivity (Wildman–Crippen MR) is 70.8 cm³/mol. The summed E-state index contributed by atoms with van der Waals surface area (Å²) < 4.78 is 10.3. The smallest absolute Gasteiger partial charge is 0.317 e. The van der Waals surface area contributed by atoms with E-state index in [0.717, 1.165) is 6.42 Å². The second kappa shape index (κ2) is 7.33. The standard InChI is InChI=1S/C13H24N2O4/c1-4-13(2,3)11(16)19-8-5-14-12(17)15-6-9-18-10-7-15/h4-10H2,1-3H3,(H,14,17). The van der Waals surface area contributed by atoms with E-state index in [0.29, 0.717) is 32.8 Å². The molecule has 1 aliphatic heterocycles. The number of rotatable bonds is 5. The van der Waals surface area contributed by atoms with Crippen LogP contribution in [0.25, 0.3) is 0 Å². The summed E-state index contributed by atoms with van der Waals surface area (Å²) in [6.45, 7) is 8.55. The highest BCUT2D eigenvalue weighted by Crippen LogP contribution is 2.21. The van der Waals surface area contributed by atoms with Gasteiger partial charge in [0.05, 0.1) is 25.2 Å². The number of carbonyl (C=O) groups is 2. The second-order valence-corrected chi connectivity index (χ2v) is 5.20. The van der Waals surface area contributed by atoms with Crippen LogP contribution in [0.15, 0.2) is 0 Å². The van der Waals surface area contributed by atoms with Crippen molar-refractivity contribution in [3.63, 3.8) is 0 Å². The molecule has 0 saturated carbocycles. The van der Waals surface area contributed by atoms with Gasteiger partial charge in [0.25, 0.3) is 0 Å². The van der Waals surface area contributed by atoms with Gasteiger partial charge >= 0.3 is 12.0 Å². The molecular weight excluding hydrogens is 248 g/mol. The molecular formula is C13H24N2O4. The van der Waals surface area contributed by atoms with Gasteiger partial charge in [0.15, 0.2) is 0 Å². The number of esters is 1. The molecule has 110 valence electrons. The van der Waals surface area contributed by atoms with E-state index in [1.807, 2.05) is 20.8 Å². The molecule has 0 spiro atoms. The summed E-state index contributed by atoms with van der Waals surface area (Å²) in [6, 6.07) is -0.130. The van der Waals surface area contributed by atoms with Crippen LogP contribution in [0.4, 0.5) is 4.79 Å². The summed E-state index contributed by atoms with van der Waals surface area (Å²) in [5, 5.41) is 2.73. The summed E-state index contributed by atoms with van der Waals surface area (Å²) in [5.41, 5.74) is -0.464. The highest BCUT2D eigenvalue weighted by Gasteiger charge is 2.26. The largest absolute Gasteiger partial charge is 0.463 e. The highest BCUT2D eigenvalue weighted by molar-refractivity contribution is 5.76. The average molecular weight is 272 g/mol. The van der Waals surface area contributed by atoms with Crippen molar-refractivity contribution in [3.05, 3.63) is 0 Å². The molecule has 0 aromatic heterocycles. The SMILES string of the molecule is CCC(C)(C)C(=O)OCCNC(=O)N1CCOCC1. The number of morpholine rings is 1. The van der Waals surface area contributed by atoms with Gasteiger partial charge in [0, 0.05) is 13.1 Å². The molecule has 19 heavy (non-hydrogen) atoms. The molecule has 1 fully saturated rings. The van der Waals surface area contributed by atoms with Crippen molar-refractivity contribution in [1.82, 2.24) is 10.2 Å². The minimum Gasteiger partial charge on any atom is -0.463 e. The van der Waals surface area contributed by atoms with E-state index >= 15 is 0 Å². The lowest BCUT2D eigenvalue weighted by molar-refractivity contribution is -0.153. The van der Waals surface area contributed by atoms with Crippen LogP contribution in [0.5, 0.6) is 0 Å². The molecule has 2 amide bonds. The van der Waals surface area contributed by atoms with Gasteiger partial charge in [-0.2, -0.15) is 0 Å². The van der Waals surface area contributed by atoms with Gasteiger partial charge in [-0.05, 0) is 20.3 Å². The van der Waals surface area contributed by atoms with Crippen LogP contribution in [0.3, 0.4) is 0 Å². The van der Waals surface area contributed by atoms with Crippen LogP contribution in [-0.2, 0) is 14.3 Å². The van der Waals surface area contributed by atoms with Crippen molar-refractivity contribution in [2.75, 3.05) is 39.5 Å². The van der Waals surface area contributed by atoms with Crippen molar-refractivity contribution in [2.24, 2.45) is 5.41 Å². The van der Waals surface area contributed by atoms with Crippen LogP contribution in [0.2, 0.25) is 0 Å². The first-order chi connectivity index (χ1) is 8.97. The van der Waals surface area contributed by atoms with E-state index in [4.69, 9.17) is 9.47 Å². The Morgan fingerprint density at radius 3 is 2.53 bits per heavy atom. The fourth-order valence-electron chi connectivity index (χ4n) is 1.52. The Hall–Kier alpha value is -1.30. The third-order valence-electron chi connectivity index (χ3n) is 3.35. The van der Waals surface area contributed by atoms with E-state index in [9.17, 15) is 9.59 Å². The quantitative estimate of drug-likeness (QED) is 0.599. The first kappa shape index (κ1) is 15.8. The number of hydrogen-bond acceptors (Lipinski definition) is 4. The van der Waals surface area contributed by atoms with Crippen LogP contribution in [0.1, 0.15) is 27.2 Å². The molecule has 0 radical (unpaired) electrons. The van der Waals surface area contributed by atoms with Crippen molar-refractivity contribution in [3.8, 4) is 0 Å². The highest BCUT2D eigenvalue weighted by atomic mass is 16.5. The molecule has 1 heterocycles. The van der Waals surface area contributed by atoms with Crippen molar-refractivity contribution < 1.29 is 19.1 Å². The summed E-state index contributed by atoms with van der Waals surface area (Å²) in [6.07, 6.45) is 0.728. The normalized spacial score (nSPS) is 16.1. The fourth-order valence-corrected chi connectivity index (χ4v) is 1.52. The van der Waals surface area contributed by atoms with Crippen molar-refractivity contribution in [2.45, 2.75) is 27.2 Å². The number of amides is 2. The molecule has 1 rings (SSSR count). The molecule has 0 aromatic rings. The van der Waals surface area contributed by atoms with E-state index in [1.54, 1.807) is 4.90 Å². The molecule has 0 aliphatic carbocycles. The summed E-state index contributed by atoms with van der Waals surface area (Å²) in [5.74, 6) is -0.226. The lowest BCUT2D eigenvalue weighted by Gasteiger charge is -2.27. The van der Waals surface area contributed by atoms with E-state index in [-0.39, 0.29) is 18.6 Å². The number of ether oxygens (including phenoxy) is 2. The van der Waals surface area contributed by atoms with Gasteiger partial charge in [0.2, 0.25) is 0 Å². The minimum absolute atomic E-state index is 0.130. The number of hydrogen-bond donors (Lipinski definition) is 1. The molecule has 0 unspecified atom stereocenters. The second-order valence-electron chi connectivity index (χ2n) is 5.20. The lowest BCUT2D eigenvalue weighted by Crippen LogP contribution is -2.47. The van der Waals surface area contributed by atoms with Gasteiger partial charge in [-0.1, -0.05) is 6.92 Å². The molecule has 0 atom stereocenters. The fraction of sp³-hybridized carbons (Fsp3) is 0.846. The van der Waals surface area contributed by atoms with Gasteiger partial charge in [0.1, 0.15) is 6.61 Å². The first-order valence-electron chi connectivity index (χ1n) is 6.75. The van der Waals surface area contributed by atoms with Gasteiger partial charge in [-0.3, -0.25) is 4.79 Å². The topological polar surface area (TPSA) is 67.9 Å². The molecule has 1 aliphatic rings. The van der Waals surface area contributed by atoms with Gasteiger partial charge in [-0.15, -0.1) is 0 Å². The van der Waals surface area contributed by atoms with Crippen LogP contribution < -0.4 is 5.32 Å². The molecule has 1 N–H and O–H groups in total. The maximum Gasteiger partial charge on any atom is 0.317 e. The third-order valence-corrected chi connectivity index (χ3v) is 3.35. The summed E-state index contributed by atoms with van der Waals surface area (Å²) >= 11 is 0. The lowest BCUT2D eigenvalue weighted by atomic mass is 9.91. The third kappa shape index (κ3) is 5.06. The van der Waals surface area contributed by atoms with Crippen LogP contribution in [0, 0.1) is 5.41 Å². The number of urea groups is 1. The average Bonchev–Trinajstić information content (AvgIpc) is 2.43. The van der Waals surface area contributed by atoms with Crippen LogP contribution in [-0.4, -0.2) is 56.4 Å². The Bertz CT molecular complexity index is 312. The summed E-state index contributed by atoms with van der Waals surface area (Å²) in [4.78, 5) is 25.1. The number of nitrogens with one attached hydrogen (secondary N) is 1. The van der Waals surface area contributed by atoms with Gasteiger partial charge in [-0.25, -0.2) is 4.79 Å². The zero-order chi connectivity index (χ0) is 14.3. The monoisotopic (exact) mass is 272 g/mol. The summed E-state index contributed by atoms with van der Waals surface area (Å²) in [7, 11) is 0.